The van der Waals surface area contributed by atoms with E-state index in [4.69, 9.17) is 4.74 Å². The number of methoxy groups -OCH3 is 1. The van der Waals surface area contributed by atoms with E-state index < -0.39 is 28.5 Å². The van der Waals surface area contributed by atoms with Crippen LogP contribution in [0.2, 0.25) is 0 Å². The van der Waals surface area contributed by atoms with Crippen molar-refractivity contribution in [2.75, 3.05) is 30.8 Å². The molecule has 202 valence electrons. The molecule has 0 saturated heterocycles. The number of amides is 2. The molecule has 8 nitrogen and oxygen atoms in total. The smallest absolute Gasteiger partial charge is 0.244 e. The summed E-state index contributed by atoms with van der Waals surface area (Å²) in [6.07, 6.45) is 7.28. The quantitative estimate of drug-likeness (QED) is 0.452. The van der Waals surface area contributed by atoms with E-state index in [1.807, 2.05) is 37.3 Å². The Kier molecular flexibility index (Phi) is 10.4. The first-order valence-corrected chi connectivity index (χ1v) is 14.8. The number of hydrogen-bond donors (Lipinski definition) is 1. The predicted octanol–water partition coefficient (Wildman–Crippen LogP) is 3.76. The van der Waals surface area contributed by atoms with Gasteiger partial charge in [0.25, 0.3) is 0 Å². The maximum atomic E-state index is 13.8. The van der Waals surface area contributed by atoms with Crippen LogP contribution >= 0.6 is 0 Å². The highest BCUT2D eigenvalue weighted by Gasteiger charge is 2.32. The van der Waals surface area contributed by atoms with Gasteiger partial charge < -0.3 is 15.0 Å². The zero-order valence-electron chi connectivity index (χ0n) is 22.1. The van der Waals surface area contributed by atoms with Gasteiger partial charge in [0.05, 0.1) is 19.1 Å². The van der Waals surface area contributed by atoms with Crippen LogP contribution in [0.15, 0.2) is 54.6 Å². The highest BCUT2D eigenvalue weighted by Crippen LogP contribution is 2.24. The van der Waals surface area contributed by atoms with Crippen LogP contribution in [0, 0.1) is 0 Å². The van der Waals surface area contributed by atoms with E-state index in [0.717, 1.165) is 41.8 Å². The number of hydrogen-bond acceptors (Lipinski definition) is 5. The van der Waals surface area contributed by atoms with Gasteiger partial charge in [0.2, 0.25) is 21.8 Å². The van der Waals surface area contributed by atoms with Crippen LogP contribution in [0.4, 0.5) is 5.69 Å². The van der Waals surface area contributed by atoms with E-state index in [0.29, 0.717) is 30.8 Å². The Labute approximate surface area is 221 Å². The second kappa shape index (κ2) is 13.5. The molecule has 2 amide bonds. The Morgan fingerprint density at radius 1 is 1.05 bits per heavy atom. The molecule has 1 atom stereocenters. The van der Waals surface area contributed by atoms with Crippen molar-refractivity contribution in [1.29, 1.82) is 0 Å². The molecule has 0 aliphatic heterocycles. The molecule has 1 unspecified atom stereocenters. The third kappa shape index (κ3) is 8.21. The van der Waals surface area contributed by atoms with Gasteiger partial charge in [-0.25, -0.2) is 8.42 Å². The predicted molar refractivity (Wildman–Crippen MR) is 146 cm³/mol. The summed E-state index contributed by atoms with van der Waals surface area (Å²) in [6, 6.07) is 15.8. The molecule has 1 saturated carbocycles. The van der Waals surface area contributed by atoms with E-state index in [1.54, 1.807) is 29.2 Å². The zero-order valence-corrected chi connectivity index (χ0v) is 22.9. The lowest BCUT2D eigenvalue weighted by Gasteiger charge is -2.34. The molecule has 1 aliphatic rings. The van der Waals surface area contributed by atoms with Crippen molar-refractivity contribution in [3.8, 4) is 5.75 Å². The first-order chi connectivity index (χ1) is 17.7. The average Bonchev–Trinajstić information content (AvgIpc) is 2.90. The Bertz CT molecular complexity index is 1130. The van der Waals surface area contributed by atoms with Gasteiger partial charge in [-0.3, -0.25) is 13.9 Å². The Balaban J connectivity index is 1.86. The normalized spacial score (nSPS) is 15.0. The van der Waals surface area contributed by atoms with Crippen LogP contribution in [0.3, 0.4) is 0 Å². The van der Waals surface area contributed by atoms with Crippen molar-refractivity contribution < 1.29 is 22.7 Å². The number of carbonyl (C=O) groups is 2. The molecule has 0 radical (unpaired) electrons. The number of nitrogens with one attached hydrogen (secondary N) is 1. The number of anilines is 1. The monoisotopic (exact) mass is 529 g/mol. The summed E-state index contributed by atoms with van der Waals surface area (Å²) in [4.78, 5) is 28.7. The number of nitrogens with zero attached hydrogens (tertiary/aromatic N) is 2. The van der Waals surface area contributed by atoms with Crippen LogP contribution in [0.25, 0.3) is 0 Å². The molecule has 0 bridgehead atoms. The molecule has 0 aromatic heterocycles. The molecule has 1 N–H and O–H groups in total. The van der Waals surface area contributed by atoms with Crippen LogP contribution in [-0.4, -0.2) is 63.7 Å². The summed E-state index contributed by atoms with van der Waals surface area (Å²) in [5, 5.41) is 3.15. The molecule has 2 aromatic carbocycles. The first-order valence-electron chi connectivity index (χ1n) is 13.0. The second-order valence-electron chi connectivity index (χ2n) is 9.56. The number of carbonyl (C=O) groups excluding carboxylic acids is 2. The van der Waals surface area contributed by atoms with Crippen LogP contribution < -0.4 is 14.4 Å². The van der Waals surface area contributed by atoms with E-state index in [-0.39, 0.29) is 11.9 Å². The van der Waals surface area contributed by atoms with E-state index >= 15 is 0 Å². The van der Waals surface area contributed by atoms with Gasteiger partial charge in [0.1, 0.15) is 18.3 Å². The summed E-state index contributed by atoms with van der Waals surface area (Å²) >= 11 is 0. The third-order valence-electron chi connectivity index (χ3n) is 6.84. The summed E-state index contributed by atoms with van der Waals surface area (Å²) in [5.74, 6) is -0.115. The van der Waals surface area contributed by atoms with Crippen LogP contribution in [0.1, 0.15) is 51.0 Å². The fourth-order valence-electron chi connectivity index (χ4n) is 4.82. The number of ether oxygens (including phenoxy) is 1. The Morgan fingerprint density at radius 3 is 2.38 bits per heavy atom. The minimum absolute atomic E-state index is 0.116. The van der Waals surface area contributed by atoms with Gasteiger partial charge in [-0.1, -0.05) is 62.6 Å². The summed E-state index contributed by atoms with van der Waals surface area (Å²) in [7, 11) is -2.29. The van der Waals surface area contributed by atoms with Gasteiger partial charge in [-0.2, -0.15) is 0 Å². The van der Waals surface area contributed by atoms with Crippen molar-refractivity contribution in [3.63, 3.8) is 0 Å². The van der Waals surface area contributed by atoms with Gasteiger partial charge >= 0.3 is 0 Å². The van der Waals surface area contributed by atoms with Gasteiger partial charge in [-0.05, 0) is 43.4 Å². The lowest BCUT2D eigenvalue weighted by atomic mass is 9.95. The molecule has 2 aromatic rings. The minimum Gasteiger partial charge on any atom is -0.497 e. The molecule has 9 heteroatoms. The number of sulfonamides is 1. The lowest BCUT2D eigenvalue weighted by Crippen LogP contribution is -2.54. The maximum absolute atomic E-state index is 13.8. The lowest BCUT2D eigenvalue weighted by molar-refractivity contribution is -0.140. The van der Waals surface area contributed by atoms with E-state index in [2.05, 4.69) is 5.32 Å². The Hall–Kier alpha value is -3.07. The minimum atomic E-state index is -3.78. The summed E-state index contributed by atoms with van der Waals surface area (Å²) in [6.45, 7) is 1.77. The fourth-order valence-corrected chi connectivity index (χ4v) is 5.66. The van der Waals surface area contributed by atoms with Crippen molar-refractivity contribution >= 4 is 27.5 Å². The number of benzene rings is 2. The van der Waals surface area contributed by atoms with Gasteiger partial charge in [-0.15, -0.1) is 0 Å². The van der Waals surface area contributed by atoms with Crippen molar-refractivity contribution in [3.05, 3.63) is 60.2 Å². The number of rotatable bonds is 12. The molecule has 37 heavy (non-hydrogen) atoms. The third-order valence-corrected chi connectivity index (χ3v) is 7.98. The SMILES string of the molecule is CCC(C(=O)NC1CCCCC1)N(CCc1ccccc1)C(=O)CN(c1cccc(OC)c1)S(C)(=O)=O. The molecule has 1 fully saturated rings. The zero-order chi connectivity index (χ0) is 26.8. The molecule has 0 spiro atoms. The molecule has 0 heterocycles. The molecule has 1 aliphatic carbocycles. The highest BCUT2D eigenvalue weighted by molar-refractivity contribution is 7.92. The van der Waals surface area contributed by atoms with Crippen LogP contribution in [0.5, 0.6) is 5.75 Å². The summed E-state index contributed by atoms with van der Waals surface area (Å²) < 4.78 is 31.8. The standard InChI is InChI=1S/C28H39N3O5S/c1-4-26(28(33)29-23-14-9-6-10-15-23)30(19-18-22-12-7-5-8-13-22)27(32)21-31(37(3,34)35)24-16-11-17-25(20-24)36-2/h5,7-8,11-13,16-17,20,23,26H,4,6,9-10,14-15,18-19,21H2,1-3H3,(H,29,33). The van der Waals surface area contributed by atoms with Gasteiger partial charge in [0.15, 0.2) is 0 Å². The van der Waals surface area contributed by atoms with E-state index in [9.17, 15) is 18.0 Å². The van der Waals surface area contributed by atoms with Crippen LogP contribution in [-0.2, 0) is 26.0 Å². The fraction of sp³-hybridized carbons (Fsp3) is 0.500. The summed E-state index contributed by atoms with van der Waals surface area (Å²) in [5.41, 5.74) is 1.37. The van der Waals surface area contributed by atoms with Crippen molar-refractivity contribution in [2.45, 2.75) is 64.0 Å². The van der Waals surface area contributed by atoms with Crippen molar-refractivity contribution in [1.82, 2.24) is 10.2 Å². The highest BCUT2D eigenvalue weighted by atomic mass is 32.2. The maximum Gasteiger partial charge on any atom is 0.244 e. The Morgan fingerprint density at radius 2 is 1.76 bits per heavy atom. The molecular formula is C28H39N3O5S. The second-order valence-corrected chi connectivity index (χ2v) is 11.5. The largest absolute Gasteiger partial charge is 0.497 e. The first kappa shape index (κ1) is 28.5. The van der Waals surface area contributed by atoms with Crippen molar-refractivity contribution in [2.24, 2.45) is 0 Å². The topological polar surface area (TPSA) is 96.0 Å². The van der Waals surface area contributed by atoms with E-state index in [1.165, 1.54) is 13.5 Å². The molecule has 3 rings (SSSR count). The van der Waals surface area contributed by atoms with Gasteiger partial charge in [0, 0.05) is 18.7 Å². The molecular weight excluding hydrogens is 490 g/mol. The average molecular weight is 530 g/mol.